The van der Waals surface area contributed by atoms with E-state index in [0.717, 1.165) is 60.0 Å². The number of nitriles is 1. The number of hydrogen-bond donors (Lipinski definition) is 0. The largest absolute Gasteiger partial charge is 0.496 e. The first-order chi connectivity index (χ1) is 14.7. The maximum atomic E-state index is 13.6. The Balaban J connectivity index is 1.63. The van der Waals surface area contributed by atoms with E-state index >= 15 is 0 Å². The summed E-state index contributed by atoms with van der Waals surface area (Å²) in [6.07, 6.45) is 7.61. The second-order valence-electron chi connectivity index (χ2n) is 8.91. The second-order valence-corrected chi connectivity index (χ2v) is 8.91. The minimum atomic E-state index is 0.0913. The molecule has 2 atom stereocenters. The number of carbonyl (C=O) groups is 1. The van der Waals surface area contributed by atoms with Gasteiger partial charge in [0.2, 0.25) is 0 Å². The molecule has 2 aliphatic rings. The van der Waals surface area contributed by atoms with E-state index in [1.54, 1.807) is 7.11 Å². The van der Waals surface area contributed by atoms with Crippen LogP contribution in [0, 0.1) is 23.2 Å². The van der Waals surface area contributed by atoms with E-state index in [0.29, 0.717) is 18.4 Å². The van der Waals surface area contributed by atoms with E-state index < -0.39 is 0 Å². The summed E-state index contributed by atoms with van der Waals surface area (Å²) in [4.78, 5) is 16.2. The summed E-state index contributed by atoms with van der Waals surface area (Å²) in [5, 5.41) is 11.2. The minimum Gasteiger partial charge on any atom is -0.496 e. The highest BCUT2D eigenvalue weighted by Gasteiger charge is 2.37. The van der Waals surface area contributed by atoms with Gasteiger partial charge < -0.3 is 4.74 Å². The normalized spacial score (nSPS) is 22.4. The van der Waals surface area contributed by atoms with Gasteiger partial charge in [-0.25, -0.2) is 0 Å². The van der Waals surface area contributed by atoms with Gasteiger partial charge in [0.05, 0.1) is 19.6 Å². The molecule has 2 aromatic rings. The molecule has 2 aromatic carbocycles. The molecule has 0 N–H and O–H groups in total. The molecule has 4 rings (SSSR count). The molecule has 1 heterocycles. The van der Waals surface area contributed by atoms with Crippen molar-refractivity contribution in [2.75, 3.05) is 20.2 Å². The molecule has 0 amide bonds. The predicted molar refractivity (Wildman–Crippen MR) is 120 cm³/mol. The number of benzene rings is 2. The Morgan fingerprint density at radius 3 is 2.73 bits per heavy atom. The van der Waals surface area contributed by atoms with Gasteiger partial charge in [0.1, 0.15) is 5.75 Å². The van der Waals surface area contributed by atoms with Crippen LogP contribution in [0.4, 0.5) is 0 Å². The average molecular weight is 405 g/mol. The van der Waals surface area contributed by atoms with Gasteiger partial charge in [-0.1, -0.05) is 38.0 Å². The van der Waals surface area contributed by atoms with Crippen molar-refractivity contribution in [3.05, 3.63) is 41.5 Å². The molecule has 1 aliphatic carbocycles. The maximum absolute atomic E-state index is 13.6. The molecule has 1 saturated carbocycles. The van der Waals surface area contributed by atoms with Crippen LogP contribution in [0.15, 0.2) is 30.3 Å². The standard InChI is InChI=1S/C26H32N2O2/c1-3-5-18-13-15-28(21-6-4-7-21)17-24(18)26(29)20-8-10-22-19(16-20)9-11-25(30-2)23(22)12-14-27/h8-11,16,18,21,24H,3-7,12-13,15,17H2,1-2H3. The van der Waals surface area contributed by atoms with Gasteiger partial charge >= 0.3 is 0 Å². The number of Topliss-reactive ketones (excluding diaryl/α,β-unsaturated/α-hetero) is 1. The van der Waals surface area contributed by atoms with Gasteiger partial charge in [0.15, 0.2) is 5.78 Å². The van der Waals surface area contributed by atoms with Crippen LogP contribution in [0.3, 0.4) is 0 Å². The summed E-state index contributed by atoms with van der Waals surface area (Å²) < 4.78 is 5.45. The molecular weight excluding hydrogens is 372 g/mol. The lowest BCUT2D eigenvalue weighted by molar-refractivity contribution is 0.0390. The molecule has 0 radical (unpaired) electrons. The van der Waals surface area contributed by atoms with Crippen molar-refractivity contribution in [2.24, 2.45) is 11.8 Å². The second kappa shape index (κ2) is 9.18. The predicted octanol–water partition coefficient (Wildman–Crippen LogP) is 5.39. The molecule has 158 valence electrons. The number of fused-ring (bicyclic) bond motifs is 1. The Bertz CT molecular complexity index is 957. The fraction of sp³-hybridized carbons (Fsp3) is 0.538. The third kappa shape index (κ3) is 3.96. The highest BCUT2D eigenvalue weighted by molar-refractivity contribution is 6.02. The molecular formula is C26H32N2O2. The van der Waals surface area contributed by atoms with Crippen molar-refractivity contribution in [3.63, 3.8) is 0 Å². The quantitative estimate of drug-likeness (QED) is 0.581. The number of piperidine rings is 1. The van der Waals surface area contributed by atoms with Gasteiger partial charge in [0.25, 0.3) is 0 Å². The highest BCUT2D eigenvalue weighted by Crippen LogP contribution is 2.36. The van der Waals surface area contributed by atoms with Gasteiger partial charge in [-0.2, -0.15) is 5.26 Å². The van der Waals surface area contributed by atoms with Crippen molar-refractivity contribution in [2.45, 2.75) is 57.9 Å². The first-order valence-electron chi connectivity index (χ1n) is 11.4. The minimum absolute atomic E-state index is 0.0913. The lowest BCUT2D eigenvalue weighted by Crippen LogP contribution is -2.50. The van der Waals surface area contributed by atoms with Crippen molar-refractivity contribution in [1.29, 1.82) is 5.26 Å². The van der Waals surface area contributed by atoms with E-state index in [1.165, 1.54) is 19.3 Å². The van der Waals surface area contributed by atoms with E-state index in [-0.39, 0.29) is 11.7 Å². The summed E-state index contributed by atoms with van der Waals surface area (Å²) in [6, 6.07) is 12.8. The maximum Gasteiger partial charge on any atom is 0.167 e. The topological polar surface area (TPSA) is 53.3 Å². The Morgan fingerprint density at radius 2 is 2.07 bits per heavy atom. The third-order valence-electron chi connectivity index (χ3n) is 7.22. The Kier molecular flexibility index (Phi) is 6.39. The molecule has 2 unspecified atom stereocenters. The third-order valence-corrected chi connectivity index (χ3v) is 7.22. The summed E-state index contributed by atoms with van der Waals surface area (Å²) in [6.45, 7) is 4.28. The Labute approximate surface area is 179 Å². The molecule has 2 fully saturated rings. The number of rotatable bonds is 7. The molecule has 4 heteroatoms. The van der Waals surface area contributed by atoms with Gasteiger partial charge in [-0.3, -0.25) is 9.69 Å². The fourth-order valence-corrected chi connectivity index (χ4v) is 5.32. The van der Waals surface area contributed by atoms with Crippen LogP contribution < -0.4 is 4.74 Å². The van der Waals surface area contributed by atoms with Crippen LogP contribution in [-0.2, 0) is 6.42 Å². The van der Waals surface area contributed by atoms with Gasteiger partial charge in [-0.05, 0) is 61.1 Å². The number of methoxy groups -OCH3 is 1. The van der Waals surface area contributed by atoms with Gasteiger partial charge in [0, 0.05) is 29.6 Å². The van der Waals surface area contributed by atoms with Crippen molar-refractivity contribution in [1.82, 2.24) is 4.90 Å². The zero-order chi connectivity index (χ0) is 21.1. The summed E-state index contributed by atoms with van der Waals surface area (Å²) >= 11 is 0. The molecule has 0 spiro atoms. The van der Waals surface area contributed by atoms with Crippen molar-refractivity contribution < 1.29 is 9.53 Å². The molecule has 1 aliphatic heterocycles. The average Bonchev–Trinajstić information content (AvgIpc) is 2.73. The SMILES string of the molecule is CCCC1CCN(C2CCC2)CC1C(=O)c1ccc2c(CC#N)c(OC)ccc2c1. The zero-order valence-electron chi connectivity index (χ0n) is 18.2. The van der Waals surface area contributed by atoms with Crippen LogP contribution in [0.2, 0.25) is 0 Å². The van der Waals surface area contributed by atoms with Gasteiger partial charge in [-0.15, -0.1) is 0 Å². The van der Waals surface area contributed by atoms with Crippen LogP contribution in [0.5, 0.6) is 5.75 Å². The summed E-state index contributed by atoms with van der Waals surface area (Å²) in [5.41, 5.74) is 1.70. The van der Waals surface area contributed by atoms with Crippen molar-refractivity contribution >= 4 is 16.6 Å². The number of hydrogen-bond acceptors (Lipinski definition) is 4. The molecule has 4 nitrogen and oxygen atoms in total. The van der Waals surface area contributed by atoms with E-state index in [4.69, 9.17) is 4.74 Å². The zero-order valence-corrected chi connectivity index (χ0v) is 18.2. The number of carbonyl (C=O) groups excluding carboxylic acids is 1. The van der Waals surface area contributed by atoms with E-state index in [9.17, 15) is 10.1 Å². The fourth-order valence-electron chi connectivity index (χ4n) is 5.32. The van der Waals surface area contributed by atoms with Crippen LogP contribution in [0.25, 0.3) is 10.8 Å². The Morgan fingerprint density at radius 1 is 1.23 bits per heavy atom. The summed E-state index contributed by atoms with van der Waals surface area (Å²) in [7, 11) is 1.63. The molecule has 0 bridgehead atoms. The van der Waals surface area contributed by atoms with Crippen LogP contribution >= 0.6 is 0 Å². The number of ketones is 1. The molecule has 30 heavy (non-hydrogen) atoms. The molecule has 0 aromatic heterocycles. The molecule has 1 saturated heterocycles. The first-order valence-corrected chi connectivity index (χ1v) is 11.4. The first kappa shape index (κ1) is 20.9. The van der Waals surface area contributed by atoms with Crippen LogP contribution in [-0.4, -0.2) is 36.9 Å². The summed E-state index contributed by atoms with van der Waals surface area (Å²) in [5.74, 6) is 1.60. The van der Waals surface area contributed by atoms with E-state index in [1.807, 2.05) is 30.3 Å². The Hall–Kier alpha value is -2.38. The highest BCUT2D eigenvalue weighted by atomic mass is 16.5. The monoisotopic (exact) mass is 404 g/mol. The number of ether oxygens (including phenoxy) is 1. The lowest BCUT2D eigenvalue weighted by Gasteiger charge is -2.45. The lowest BCUT2D eigenvalue weighted by atomic mass is 9.76. The van der Waals surface area contributed by atoms with Crippen LogP contribution in [0.1, 0.15) is 61.4 Å². The van der Waals surface area contributed by atoms with E-state index in [2.05, 4.69) is 17.9 Å². The smallest absolute Gasteiger partial charge is 0.167 e. The number of nitrogens with zero attached hydrogens (tertiary/aromatic N) is 2. The van der Waals surface area contributed by atoms with Crippen molar-refractivity contribution in [3.8, 4) is 11.8 Å². The number of likely N-dealkylation sites (tertiary alicyclic amines) is 1.